The average molecular weight is 582 g/mol. The molecule has 1 atom stereocenters. The molecule has 5 rings (SSSR count). The molecule has 0 saturated carbocycles. The molecular weight excluding hydrogens is 546 g/mol. The molecule has 1 aliphatic heterocycles. The minimum Gasteiger partial charge on any atom is -0.488 e. The molecule has 2 heterocycles. The van der Waals surface area contributed by atoms with Gasteiger partial charge in [-0.3, -0.25) is 9.36 Å². The van der Waals surface area contributed by atoms with E-state index >= 15 is 0 Å². The predicted molar refractivity (Wildman–Crippen MR) is 168 cm³/mol. The summed E-state index contributed by atoms with van der Waals surface area (Å²) in [5, 5.41) is 0. The van der Waals surface area contributed by atoms with Gasteiger partial charge in [-0.2, -0.15) is 0 Å². The summed E-state index contributed by atoms with van der Waals surface area (Å²) in [5.41, 5.74) is 4.53. The summed E-state index contributed by atoms with van der Waals surface area (Å²) >= 11 is 1.31. The molecule has 0 spiro atoms. The van der Waals surface area contributed by atoms with Crippen LogP contribution in [0.2, 0.25) is 0 Å². The van der Waals surface area contributed by atoms with Crippen LogP contribution >= 0.6 is 11.3 Å². The quantitative estimate of drug-likeness (QED) is 0.240. The average Bonchev–Trinajstić information content (AvgIpc) is 3.35. The molecule has 0 fully saturated rings. The van der Waals surface area contributed by atoms with E-state index in [4.69, 9.17) is 14.5 Å². The van der Waals surface area contributed by atoms with Crippen molar-refractivity contribution in [2.24, 2.45) is 4.99 Å². The Kier molecular flexibility index (Phi) is 9.03. The number of fused-ring (bicyclic) bond motifs is 1. The van der Waals surface area contributed by atoms with Gasteiger partial charge in [0.2, 0.25) is 0 Å². The van der Waals surface area contributed by atoms with Crippen LogP contribution in [0.15, 0.2) is 99.9 Å². The fourth-order valence-electron chi connectivity index (χ4n) is 5.24. The summed E-state index contributed by atoms with van der Waals surface area (Å²) in [6.45, 7) is 8.34. The lowest BCUT2D eigenvalue weighted by Crippen LogP contribution is -2.40. The first-order valence-corrected chi connectivity index (χ1v) is 15.0. The van der Waals surface area contributed by atoms with Crippen molar-refractivity contribution in [3.8, 4) is 5.75 Å². The number of esters is 1. The lowest BCUT2D eigenvalue weighted by atomic mass is 9.95. The molecule has 7 nitrogen and oxygen atoms in total. The summed E-state index contributed by atoms with van der Waals surface area (Å²) in [5.74, 6) is 0.209. The Labute approximate surface area is 249 Å². The molecule has 3 aromatic carbocycles. The normalized spacial score (nSPS) is 14.8. The van der Waals surface area contributed by atoms with Gasteiger partial charge in [-0.05, 0) is 49.6 Å². The van der Waals surface area contributed by atoms with Crippen LogP contribution in [-0.2, 0) is 16.1 Å². The number of rotatable bonds is 10. The number of benzene rings is 3. The smallest absolute Gasteiger partial charge is 0.338 e. The van der Waals surface area contributed by atoms with Crippen LogP contribution in [-0.4, -0.2) is 30.7 Å². The van der Waals surface area contributed by atoms with Crippen molar-refractivity contribution in [1.82, 2.24) is 4.57 Å². The van der Waals surface area contributed by atoms with Gasteiger partial charge in [-0.15, -0.1) is 0 Å². The Morgan fingerprint density at radius 2 is 1.69 bits per heavy atom. The number of allylic oxidation sites excluding steroid dienone is 1. The Balaban J connectivity index is 1.66. The molecule has 0 unspecified atom stereocenters. The first kappa shape index (κ1) is 29.1. The number of thiazole rings is 1. The summed E-state index contributed by atoms with van der Waals surface area (Å²) in [7, 11) is 1.36. The predicted octanol–water partition coefficient (Wildman–Crippen LogP) is 5.22. The van der Waals surface area contributed by atoms with E-state index in [9.17, 15) is 9.59 Å². The molecule has 4 aromatic rings. The van der Waals surface area contributed by atoms with E-state index < -0.39 is 12.0 Å². The summed E-state index contributed by atoms with van der Waals surface area (Å²) in [6, 6.07) is 25.0. The second kappa shape index (κ2) is 13.0. The number of hydrogen-bond donors (Lipinski definition) is 0. The van der Waals surface area contributed by atoms with Crippen LogP contribution < -0.4 is 24.5 Å². The molecule has 0 N–H and O–H groups in total. The first-order chi connectivity index (χ1) is 20.5. The number of carbonyl (C=O) groups is 1. The van der Waals surface area contributed by atoms with E-state index in [1.165, 1.54) is 18.4 Å². The molecule has 216 valence electrons. The van der Waals surface area contributed by atoms with Gasteiger partial charge in [0.25, 0.3) is 5.56 Å². The first-order valence-electron chi connectivity index (χ1n) is 14.2. The van der Waals surface area contributed by atoms with E-state index in [1.54, 1.807) is 4.57 Å². The SMILES string of the molecule is CCC1=C(C(=O)OC)[C@H](c2ccccc2)n2c(s/c(=C/c3ccc(N(CC)CC)cc3OCc3ccccc3)c2=O)=N1. The Morgan fingerprint density at radius 1 is 1.00 bits per heavy atom. The third kappa shape index (κ3) is 5.81. The van der Waals surface area contributed by atoms with E-state index in [0.29, 0.717) is 39.4 Å². The minimum atomic E-state index is -0.633. The topological polar surface area (TPSA) is 73.1 Å². The Morgan fingerprint density at radius 3 is 2.33 bits per heavy atom. The zero-order chi connectivity index (χ0) is 29.6. The van der Waals surface area contributed by atoms with Gasteiger partial charge < -0.3 is 14.4 Å². The van der Waals surface area contributed by atoms with E-state index in [-0.39, 0.29) is 5.56 Å². The van der Waals surface area contributed by atoms with Crippen LogP contribution in [0.5, 0.6) is 5.75 Å². The maximum absolute atomic E-state index is 14.1. The highest BCUT2D eigenvalue weighted by atomic mass is 32.1. The van der Waals surface area contributed by atoms with Gasteiger partial charge in [-0.1, -0.05) is 78.9 Å². The monoisotopic (exact) mass is 581 g/mol. The fraction of sp³-hybridized carbons (Fsp3) is 0.265. The Hall–Kier alpha value is -4.43. The summed E-state index contributed by atoms with van der Waals surface area (Å²) in [6.07, 6.45) is 2.40. The van der Waals surface area contributed by atoms with Crippen molar-refractivity contribution in [2.45, 2.75) is 39.8 Å². The lowest BCUT2D eigenvalue weighted by Gasteiger charge is -2.25. The number of hydrogen-bond acceptors (Lipinski definition) is 7. The number of aromatic nitrogens is 1. The van der Waals surface area contributed by atoms with Crippen molar-refractivity contribution in [3.05, 3.63) is 127 Å². The lowest BCUT2D eigenvalue weighted by molar-refractivity contribution is -0.136. The third-order valence-corrected chi connectivity index (χ3v) is 8.40. The number of carbonyl (C=O) groups excluding carboxylic acids is 1. The largest absolute Gasteiger partial charge is 0.488 e. The molecule has 0 aliphatic carbocycles. The highest BCUT2D eigenvalue weighted by Gasteiger charge is 2.33. The van der Waals surface area contributed by atoms with Gasteiger partial charge in [0, 0.05) is 30.4 Å². The number of anilines is 1. The van der Waals surface area contributed by atoms with Gasteiger partial charge in [0.1, 0.15) is 12.4 Å². The standard InChI is InChI=1S/C34H35N3O4S/c1-5-27-30(33(39)40-4)31(24-16-12-9-13-17-24)37-32(38)29(42-34(37)35-27)20-25-18-19-26(36(6-2)7-3)21-28(25)41-22-23-14-10-8-11-15-23/h8-21,31H,5-7,22H2,1-4H3/b29-20+/t31-/m0/s1. The summed E-state index contributed by atoms with van der Waals surface area (Å²) < 4.78 is 13.6. The zero-order valence-corrected chi connectivity index (χ0v) is 25.2. The van der Waals surface area contributed by atoms with Gasteiger partial charge in [0.05, 0.1) is 29.0 Å². The number of ether oxygens (including phenoxy) is 2. The summed E-state index contributed by atoms with van der Waals surface area (Å²) in [4.78, 5) is 34.7. The van der Waals surface area contributed by atoms with Crippen molar-refractivity contribution in [1.29, 1.82) is 0 Å². The minimum absolute atomic E-state index is 0.217. The third-order valence-electron chi connectivity index (χ3n) is 7.42. The van der Waals surface area contributed by atoms with Crippen LogP contribution in [0, 0.1) is 0 Å². The van der Waals surface area contributed by atoms with Crippen molar-refractivity contribution in [3.63, 3.8) is 0 Å². The van der Waals surface area contributed by atoms with E-state index in [2.05, 4.69) is 24.8 Å². The second-order valence-electron chi connectivity index (χ2n) is 9.87. The number of nitrogens with zero attached hydrogens (tertiary/aromatic N) is 3. The van der Waals surface area contributed by atoms with Crippen LogP contribution in [0.4, 0.5) is 5.69 Å². The second-order valence-corrected chi connectivity index (χ2v) is 10.9. The van der Waals surface area contributed by atoms with E-state index in [0.717, 1.165) is 35.5 Å². The van der Waals surface area contributed by atoms with Gasteiger partial charge in [-0.25, -0.2) is 9.79 Å². The van der Waals surface area contributed by atoms with Crippen LogP contribution in [0.1, 0.15) is 49.9 Å². The van der Waals surface area contributed by atoms with Gasteiger partial charge in [0.15, 0.2) is 4.80 Å². The molecule has 0 bridgehead atoms. The molecule has 0 amide bonds. The molecule has 42 heavy (non-hydrogen) atoms. The number of methoxy groups -OCH3 is 1. The molecule has 0 saturated heterocycles. The van der Waals surface area contributed by atoms with Crippen molar-refractivity contribution < 1.29 is 14.3 Å². The van der Waals surface area contributed by atoms with Crippen LogP contribution in [0.3, 0.4) is 0 Å². The molecule has 8 heteroatoms. The van der Waals surface area contributed by atoms with Crippen molar-refractivity contribution >= 4 is 29.1 Å². The van der Waals surface area contributed by atoms with Crippen LogP contribution in [0.25, 0.3) is 6.08 Å². The highest BCUT2D eigenvalue weighted by Crippen LogP contribution is 2.32. The molecule has 1 aliphatic rings. The molecule has 1 aromatic heterocycles. The van der Waals surface area contributed by atoms with Gasteiger partial charge >= 0.3 is 5.97 Å². The van der Waals surface area contributed by atoms with Crippen molar-refractivity contribution in [2.75, 3.05) is 25.1 Å². The molecule has 0 radical (unpaired) electrons. The maximum atomic E-state index is 14.1. The maximum Gasteiger partial charge on any atom is 0.338 e. The zero-order valence-electron chi connectivity index (χ0n) is 24.4. The van der Waals surface area contributed by atoms with E-state index in [1.807, 2.05) is 85.8 Å². The molecular formula is C34H35N3O4S. The highest BCUT2D eigenvalue weighted by molar-refractivity contribution is 7.07. The fourth-order valence-corrected chi connectivity index (χ4v) is 6.25. The Bertz CT molecular complexity index is 1770.